The highest BCUT2D eigenvalue weighted by molar-refractivity contribution is 5.85. The van der Waals surface area contributed by atoms with Gasteiger partial charge in [-0.05, 0) is 60.7 Å². The number of nitrogens with one attached hydrogen (secondary N) is 1. The highest BCUT2D eigenvalue weighted by Gasteiger charge is 2.32. The SMILES string of the molecule is COc1ccc(Oc2cc(CNC(=O)CC3(CN)CCCCC3)ccn2)cc1.Cl.Cl. The van der Waals surface area contributed by atoms with Gasteiger partial charge in [-0.1, -0.05) is 19.3 Å². The van der Waals surface area contributed by atoms with Gasteiger partial charge in [0.15, 0.2) is 0 Å². The maximum atomic E-state index is 12.5. The average Bonchev–Trinajstić information content (AvgIpc) is 2.74. The Balaban J connectivity index is 0.00000225. The maximum Gasteiger partial charge on any atom is 0.220 e. The van der Waals surface area contributed by atoms with E-state index in [1.807, 2.05) is 36.4 Å². The van der Waals surface area contributed by atoms with Crippen molar-refractivity contribution in [1.82, 2.24) is 10.3 Å². The molecule has 1 aromatic carbocycles. The molecule has 1 amide bonds. The van der Waals surface area contributed by atoms with Crippen molar-refractivity contribution in [2.45, 2.75) is 45.1 Å². The van der Waals surface area contributed by atoms with E-state index in [2.05, 4.69) is 10.3 Å². The monoisotopic (exact) mass is 455 g/mol. The summed E-state index contributed by atoms with van der Waals surface area (Å²) in [5.41, 5.74) is 6.91. The summed E-state index contributed by atoms with van der Waals surface area (Å²) in [4.78, 5) is 16.7. The Labute approximate surface area is 190 Å². The third-order valence-corrected chi connectivity index (χ3v) is 5.45. The molecule has 0 aliphatic heterocycles. The van der Waals surface area contributed by atoms with Crippen LogP contribution in [0, 0.1) is 5.41 Å². The van der Waals surface area contributed by atoms with Crippen LogP contribution in [-0.4, -0.2) is 24.5 Å². The van der Waals surface area contributed by atoms with Gasteiger partial charge in [0.05, 0.1) is 7.11 Å². The van der Waals surface area contributed by atoms with Crippen LogP contribution < -0.4 is 20.5 Å². The number of hydrogen-bond acceptors (Lipinski definition) is 5. The first-order chi connectivity index (χ1) is 13.6. The number of methoxy groups -OCH3 is 1. The van der Waals surface area contributed by atoms with Crippen LogP contribution in [0.1, 0.15) is 44.1 Å². The predicted molar refractivity (Wildman–Crippen MR) is 123 cm³/mol. The molecule has 0 spiro atoms. The van der Waals surface area contributed by atoms with E-state index < -0.39 is 0 Å². The molecule has 0 atom stereocenters. The topological polar surface area (TPSA) is 86.5 Å². The molecule has 1 heterocycles. The summed E-state index contributed by atoms with van der Waals surface area (Å²) in [7, 11) is 1.62. The van der Waals surface area contributed by atoms with Gasteiger partial charge < -0.3 is 20.5 Å². The van der Waals surface area contributed by atoms with Gasteiger partial charge in [-0.15, -0.1) is 24.8 Å². The number of aromatic nitrogens is 1. The Morgan fingerprint density at radius 1 is 1.10 bits per heavy atom. The van der Waals surface area contributed by atoms with Gasteiger partial charge in [-0.2, -0.15) is 0 Å². The third-order valence-electron chi connectivity index (χ3n) is 5.45. The number of hydrogen-bond donors (Lipinski definition) is 2. The molecular weight excluding hydrogens is 425 g/mol. The van der Waals surface area contributed by atoms with Crippen LogP contribution in [-0.2, 0) is 11.3 Å². The lowest BCUT2D eigenvalue weighted by Crippen LogP contribution is -2.38. The van der Waals surface area contributed by atoms with Crippen LogP contribution in [0.4, 0.5) is 0 Å². The molecule has 6 nitrogen and oxygen atoms in total. The third kappa shape index (κ3) is 7.35. The number of carbonyl (C=O) groups is 1. The number of ether oxygens (including phenoxy) is 2. The second-order valence-corrected chi connectivity index (χ2v) is 7.50. The van der Waals surface area contributed by atoms with Crippen molar-refractivity contribution in [3.8, 4) is 17.4 Å². The molecule has 3 rings (SSSR count). The van der Waals surface area contributed by atoms with E-state index in [9.17, 15) is 4.79 Å². The van der Waals surface area contributed by atoms with Gasteiger partial charge >= 0.3 is 0 Å². The molecule has 1 aliphatic carbocycles. The van der Waals surface area contributed by atoms with Crippen LogP contribution in [0.25, 0.3) is 0 Å². The summed E-state index contributed by atoms with van der Waals surface area (Å²) in [6.45, 7) is 1.02. The molecule has 30 heavy (non-hydrogen) atoms. The van der Waals surface area contributed by atoms with Crippen molar-refractivity contribution in [3.63, 3.8) is 0 Å². The standard InChI is InChI=1S/C22H29N3O3.2ClH/c1-27-18-5-7-19(8-6-18)28-21-13-17(9-12-24-21)15-25-20(26)14-22(16-23)10-3-2-4-11-22;;/h5-9,12-13H,2-4,10-11,14-16,23H2,1H3,(H,25,26);2*1H. The fraction of sp³-hybridized carbons (Fsp3) is 0.455. The quantitative estimate of drug-likeness (QED) is 0.604. The van der Waals surface area contributed by atoms with Gasteiger partial charge in [0.1, 0.15) is 11.5 Å². The minimum atomic E-state index is -0.0246. The lowest BCUT2D eigenvalue weighted by atomic mass is 9.71. The van der Waals surface area contributed by atoms with E-state index in [1.165, 1.54) is 19.3 Å². The minimum absolute atomic E-state index is 0. The summed E-state index contributed by atoms with van der Waals surface area (Å²) in [6.07, 6.45) is 7.86. The van der Waals surface area contributed by atoms with Gasteiger partial charge in [0.2, 0.25) is 11.8 Å². The molecule has 0 radical (unpaired) electrons. The van der Waals surface area contributed by atoms with Crippen molar-refractivity contribution < 1.29 is 14.3 Å². The van der Waals surface area contributed by atoms with E-state index in [0.29, 0.717) is 31.1 Å². The summed E-state index contributed by atoms with van der Waals surface area (Å²) < 4.78 is 10.9. The predicted octanol–water partition coefficient (Wildman–Crippen LogP) is 4.64. The van der Waals surface area contributed by atoms with Crippen molar-refractivity contribution >= 4 is 30.7 Å². The van der Waals surface area contributed by atoms with E-state index >= 15 is 0 Å². The molecule has 3 N–H and O–H groups in total. The number of pyridine rings is 1. The molecule has 0 saturated heterocycles. The lowest BCUT2D eigenvalue weighted by molar-refractivity contribution is -0.124. The molecule has 1 aromatic heterocycles. The van der Waals surface area contributed by atoms with Crippen LogP contribution in [0.5, 0.6) is 17.4 Å². The fourth-order valence-corrected chi connectivity index (χ4v) is 3.74. The largest absolute Gasteiger partial charge is 0.497 e. The number of benzene rings is 1. The first kappa shape index (κ1) is 26.0. The zero-order valence-corrected chi connectivity index (χ0v) is 18.9. The van der Waals surface area contributed by atoms with Crippen molar-refractivity contribution in [3.05, 3.63) is 48.2 Å². The Morgan fingerprint density at radius 2 is 1.77 bits per heavy atom. The summed E-state index contributed by atoms with van der Waals surface area (Å²) in [6, 6.07) is 11.0. The molecule has 0 unspecified atom stereocenters. The smallest absolute Gasteiger partial charge is 0.220 e. The second-order valence-electron chi connectivity index (χ2n) is 7.50. The first-order valence-corrected chi connectivity index (χ1v) is 9.86. The van der Waals surface area contributed by atoms with Crippen molar-refractivity contribution in [2.75, 3.05) is 13.7 Å². The number of carbonyl (C=O) groups excluding carboxylic acids is 1. The molecule has 166 valence electrons. The Bertz CT molecular complexity index is 781. The molecular formula is C22H31Cl2N3O3. The van der Waals surface area contributed by atoms with Crippen LogP contribution >= 0.6 is 24.8 Å². The minimum Gasteiger partial charge on any atom is -0.497 e. The molecule has 0 bridgehead atoms. The molecule has 1 aliphatic rings. The van der Waals surface area contributed by atoms with Crippen molar-refractivity contribution in [2.24, 2.45) is 11.1 Å². The Hall–Kier alpha value is -2.02. The van der Waals surface area contributed by atoms with Gasteiger partial charge in [-0.25, -0.2) is 4.98 Å². The lowest BCUT2D eigenvalue weighted by Gasteiger charge is -2.35. The highest BCUT2D eigenvalue weighted by atomic mass is 35.5. The van der Waals surface area contributed by atoms with Crippen molar-refractivity contribution in [1.29, 1.82) is 0 Å². The van der Waals surface area contributed by atoms with Gasteiger partial charge in [0, 0.05) is 25.2 Å². The summed E-state index contributed by atoms with van der Waals surface area (Å²) in [5, 5.41) is 3.02. The summed E-state index contributed by atoms with van der Waals surface area (Å²) in [5.74, 6) is 1.99. The fourth-order valence-electron chi connectivity index (χ4n) is 3.74. The van der Waals surface area contributed by atoms with E-state index in [-0.39, 0.29) is 36.1 Å². The second kappa shape index (κ2) is 12.6. The number of halogens is 2. The average molecular weight is 456 g/mol. The van der Waals surface area contributed by atoms with Crippen LogP contribution in [0.3, 0.4) is 0 Å². The maximum absolute atomic E-state index is 12.5. The van der Waals surface area contributed by atoms with E-state index in [1.54, 1.807) is 13.3 Å². The summed E-state index contributed by atoms with van der Waals surface area (Å²) >= 11 is 0. The molecule has 1 saturated carbocycles. The number of amides is 1. The zero-order valence-electron chi connectivity index (χ0n) is 17.3. The van der Waals surface area contributed by atoms with E-state index in [4.69, 9.17) is 15.2 Å². The number of nitrogens with zero attached hydrogens (tertiary/aromatic N) is 1. The Morgan fingerprint density at radius 3 is 2.40 bits per heavy atom. The van der Waals surface area contributed by atoms with Gasteiger partial charge in [0.25, 0.3) is 0 Å². The zero-order chi connectivity index (χ0) is 19.8. The molecule has 2 aromatic rings. The van der Waals surface area contributed by atoms with Crippen LogP contribution in [0.15, 0.2) is 42.6 Å². The van der Waals surface area contributed by atoms with Crippen LogP contribution in [0.2, 0.25) is 0 Å². The normalized spacial score (nSPS) is 14.6. The number of nitrogens with two attached hydrogens (primary N) is 1. The first-order valence-electron chi connectivity index (χ1n) is 9.86. The number of rotatable bonds is 8. The van der Waals surface area contributed by atoms with E-state index in [0.717, 1.165) is 24.2 Å². The molecule has 8 heteroatoms. The Kier molecular flexibility index (Phi) is 10.9. The highest BCUT2D eigenvalue weighted by Crippen LogP contribution is 2.38. The molecule has 1 fully saturated rings. The van der Waals surface area contributed by atoms with Gasteiger partial charge in [-0.3, -0.25) is 4.79 Å².